The van der Waals surface area contributed by atoms with Crippen LogP contribution >= 0.6 is 0 Å². The smallest absolute Gasteiger partial charge is 0.216 e. The molecular formula is C14H15FN2O3S. The Bertz CT molecular complexity index is 685. The minimum atomic E-state index is -3.49. The van der Waals surface area contributed by atoms with E-state index in [1.165, 1.54) is 31.4 Å². The van der Waals surface area contributed by atoms with E-state index in [9.17, 15) is 12.8 Å². The Hall–Kier alpha value is -1.99. The first-order valence-corrected chi connectivity index (χ1v) is 7.84. The van der Waals surface area contributed by atoms with E-state index >= 15 is 0 Å². The number of nitrogens with one attached hydrogen (secondary N) is 1. The van der Waals surface area contributed by atoms with Gasteiger partial charge in [-0.1, -0.05) is 18.2 Å². The third kappa shape index (κ3) is 4.80. The highest BCUT2D eigenvalue weighted by Gasteiger charge is 2.11. The summed E-state index contributed by atoms with van der Waals surface area (Å²) >= 11 is 0. The zero-order valence-corrected chi connectivity index (χ0v) is 12.2. The number of benzene rings is 1. The SMILES string of the molecule is COc1ccc(CNS(=O)(=O)Cc2ccc(F)cc2)cn1. The van der Waals surface area contributed by atoms with E-state index in [2.05, 4.69) is 9.71 Å². The molecule has 112 valence electrons. The van der Waals surface area contributed by atoms with Gasteiger partial charge >= 0.3 is 0 Å². The number of halogens is 1. The van der Waals surface area contributed by atoms with Gasteiger partial charge in [-0.05, 0) is 23.3 Å². The molecule has 0 atom stereocenters. The third-order valence-corrected chi connectivity index (χ3v) is 4.07. The van der Waals surface area contributed by atoms with Gasteiger partial charge in [0, 0.05) is 18.8 Å². The predicted octanol–water partition coefficient (Wildman–Crippen LogP) is 1.85. The Morgan fingerprint density at radius 2 is 1.81 bits per heavy atom. The van der Waals surface area contributed by atoms with E-state index in [1.54, 1.807) is 18.3 Å². The van der Waals surface area contributed by atoms with Crippen molar-refractivity contribution in [3.8, 4) is 5.88 Å². The van der Waals surface area contributed by atoms with Gasteiger partial charge in [-0.25, -0.2) is 22.5 Å². The summed E-state index contributed by atoms with van der Waals surface area (Å²) in [5, 5.41) is 0. The molecule has 0 fully saturated rings. The van der Waals surface area contributed by atoms with Crippen LogP contribution in [0.2, 0.25) is 0 Å². The Morgan fingerprint density at radius 1 is 1.14 bits per heavy atom. The molecule has 0 aliphatic heterocycles. The first-order valence-electron chi connectivity index (χ1n) is 6.19. The monoisotopic (exact) mass is 310 g/mol. The molecule has 0 saturated carbocycles. The second-order valence-electron chi connectivity index (χ2n) is 4.42. The molecule has 1 N–H and O–H groups in total. The predicted molar refractivity (Wildman–Crippen MR) is 76.7 cm³/mol. The van der Waals surface area contributed by atoms with Crippen LogP contribution in [0.1, 0.15) is 11.1 Å². The fourth-order valence-corrected chi connectivity index (χ4v) is 2.80. The summed E-state index contributed by atoms with van der Waals surface area (Å²) in [6.45, 7) is 0.139. The van der Waals surface area contributed by atoms with Gasteiger partial charge in [-0.3, -0.25) is 0 Å². The summed E-state index contributed by atoms with van der Waals surface area (Å²) in [5.74, 6) is -0.127. The fraction of sp³-hybridized carbons (Fsp3) is 0.214. The number of methoxy groups -OCH3 is 1. The quantitative estimate of drug-likeness (QED) is 0.884. The molecule has 0 unspecified atom stereocenters. The number of ether oxygens (including phenoxy) is 1. The molecule has 2 aromatic rings. The molecule has 0 spiro atoms. The van der Waals surface area contributed by atoms with Gasteiger partial charge in [0.05, 0.1) is 12.9 Å². The lowest BCUT2D eigenvalue weighted by Crippen LogP contribution is -2.24. The zero-order chi connectivity index (χ0) is 15.3. The van der Waals surface area contributed by atoms with Crippen LogP contribution in [-0.4, -0.2) is 20.5 Å². The number of pyridine rings is 1. The van der Waals surface area contributed by atoms with E-state index in [-0.39, 0.29) is 12.3 Å². The molecule has 0 amide bonds. The van der Waals surface area contributed by atoms with E-state index in [1.807, 2.05) is 0 Å². The number of nitrogens with zero attached hydrogens (tertiary/aromatic N) is 1. The highest BCUT2D eigenvalue weighted by atomic mass is 32.2. The third-order valence-electron chi connectivity index (χ3n) is 2.77. The van der Waals surface area contributed by atoms with Crippen LogP contribution in [0.25, 0.3) is 0 Å². The normalized spacial score (nSPS) is 11.3. The van der Waals surface area contributed by atoms with E-state index in [4.69, 9.17) is 4.74 Å². The molecule has 0 aliphatic carbocycles. The first kappa shape index (κ1) is 15.4. The van der Waals surface area contributed by atoms with Crippen molar-refractivity contribution in [2.24, 2.45) is 0 Å². The lowest BCUT2D eigenvalue weighted by atomic mass is 10.2. The topological polar surface area (TPSA) is 68.3 Å². The number of aromatic nitrogens is 1. The van der Waals surface area contributed by atoms with Gasteiger partial charge in [0.2, 0.25) is 15.9 Å². The van der Waals surface area contributed by atoms with E-state index in [0.717, 1.165) is 5.56 Å². The second kappa shape index (κ2) is 6.64. The molecular weight excluding hydrogens is 295 g/mol. The number of hydrogen-bond donors (Lipinski definition) is 1. The molecule has 1 aromatic carbocycles. The maximum atomic E-state index is 12.8. The molecule has 1 aromatic heterocycles. The molecule has 7 heteroatoms. The summed E-state index contributed by atoms with van der Waals surface area (Å²) in [4.78, 5) is 3.99. The molecule has 1 heterocycles. The maximum absolute atomic E-state index is 12.8. The van der Waals surface area contributed by atoms with Crippen molar-refractivity contribution < 1.29 is 17.5 Å². The van der Waals surface area contributed by atoms with Gasteiger partial charge < -0.3 is 4.74 Å². The zero-order valence-electron chi connectivity index (χ0n) is 11.4. The lowest BCUT2D eigenvalue weighted by Gasteiger charge is -2.07. The van der Waals surface area contributed by atoms with Crippen LogP contribution in [-0.2, 0) is 22.3 Å². The van der Waals surface area contributed by atoms with Crippen LogP contribution in [0.15, 0.2) is 42.6 Å². The fourth-order valence-electron chi connectivity index (χ4n) is 1.68. The van der Waals surface area contributed by atoms with Crippen LogP contribution in [0.5, 0.6) is 5.88 Å². The highest BCUT2D eigenvalue weighted by Crippen LogP contribution is 2.09. The highest BCUT2D eigenvalue weighted by molar-refractivity contribution is 7.88. The molecule has 0 radical (unpaired) electrons. The summed E-state index contributed by atoms with van der Waals surface area (Å²) in [6.07, 6.45) is 1.54. The van der Waals surface area contributed by atoms with Crippen molar-refractivity contribution in [3.63, 3.8) is 0 Å². The van der Waals surface area contributed by atoms with Crippen LogP contribution in [0.3, 0.4) is 0 Å². The lowest BCUT2D eigenvalue weighted by molar-refractivity contribution is 0.397. The van der Waals surface area contributed by atoms with Gasteiger partial charge in [0.15, 0.2) is 0 Å². The van der Waals surface area contributed by atoms with E-state index in [0.29, 0.717) is 11.4 Å². The van der Waals surface area contributed by atoms with Crippen molar-refractivity contribution in [1.29, 1.82) is 0 Å². The van der Waals surface area contributed by atoms with Crippen LogP contribution in [0, 0.1) is 5.82 Å². The van der Waals surface area contributed by atoms with Gasteiger partial charge in [0.1, 0.15) is 5.82 Å². The Labute approximate surface area is 122 Å². The molecule has 2 rings (SSSR count). The van der Waals surface area contributed by atoms with Crippen LogP contribution < -0.4 is 9.46 Å². The number of hydrogen-bond acceptors (Lipinski definition) is 4. The van der Waals surface area contributed by atoms with E-state index < -0.39 is 15.8 Å². The standard InChI is InChI=1S/C14H15FN2O3S/c1-20-14-7-4-12(8-16-14)9-17-21(18,19)10-11-2-5-13(15)6-3-11/h2-8,17H,9-10H2,1H3. The maximum Gasteiger partial charge on any atom is 0.216 e. The molecule has 21 heavy (non-hydrogen) atoms. The van der Waals surface area contributed by atoms with Crippen LogP contribution in [0.4, 0.5) is 4.39 Å². The number of rotatable bonds is 6. The summed E-state index contributed by atoms with van der Waals surface area (Å²) < 4.78 is 44.0. The Morgan fingerprint density at radius 3 is 2.38 bits per heavy atom. The molecule has 0 bridgehead atoms. The molecule has 5 nitrogen and oxygen atoms in total. The van der Waals surface area contributed by atoms with Gasteiger partial charge in [-0.2, -0.15) is 0 Å². The number of sulfonamides is 1. The minimum absolute atomic E-state index is 0.139. The average molecular weight is 310 g/mol. The first-order chi connectivity index (χ1) is 9.98. The summed E-state index contributed by atoms with van der Waals surface area (Å²) in [7, 11) is -1.99. The Kier molecular flexibility index (Phi) is 4.87. The minimum Gasteiger partial charge on any atom is -0.481 e. The van der Waals surface area contributed by atoms with Gasteiger partial charge in [-0.15, -0.1) is 0 Å². The largest absolute Gasteiger partial charge is 0.481 e. The molecule has 0 aliphatic rings. The average Bonchev–Trinajstić information content (AvgIpc) is 2.48. The second-order valence-corrected chi connectivity index (χ2v) is 6.22. The van der Waals surface area contributed by atoms with Crippen molar-refractivity contribution in [3.05, 3.63) is 59.5 Å². The van der Waals surface area contributed by atoms with Crippen molar-refractivity contribution in [2.45, 2.75) is 12.3 Å². The van der Waals surface area contributed by atoms with Gasteiger partial charge in [0.25, 0.3) is 0 Å². The van der Waals surface area contributed by atoms with Crippen molar-refractivity contribution in [1.82, 2.24) is 9.71 Å². The Balaban J connectivity index is 1.95. The van der Waals surface area contributed by atoms with Crippen molar-refractivity contribution >= 4 is 10.0 Å². The summed E-state index contributed by atoms with van der Waals surface area (Å²) in [6, 6.07) is 8.75. The van der Waals surface area contributed by atoms with Crippen molar-refractivity contribution in [2.75, 3.05) is 7.11 Å². The molecule has 0 saturated heterocycles. The summed E-state index contributed by atoms with van der Waals surface area (Å²) in [5.41, 5.74) is 1.25.